The third-order valence-corrected chi connectivity index (χ3v) is 7.07. The number of hydrogen-bond acceptors (Lipinski definition) is 8. The van der Waals surface area contributed by atoms with Gasteiger partial charge in [-0.3, -0.25) is 0 Å². The number of alkyl halides is 4. The van der Waals surface area contributed by atoms with E-state index in [1.54, 1.807) is 6.07 Å². The Balaban J connectivity index is 1.40. The van der Waals surface area contributed by atoms with Crippen LogP contribution in [0.5, 0.6) is 5.75 Å². The van der Waals surface area contributed by atoms with Gasteiger partial charge in [-0.25, -0.2) is 18.7 Å². The van der Waals surface area contributed by atoms with Crippen molar-refractivity contribution in [2.45, 2.75) is 50.0 Å². The number of pyridine rings is 1. The van der Waals surface area contributed by atoms with E-state index < -0.39 is 18.5 Å². The first-order valence-corrected chi connectivity index (χ1v) is 10.9. The van der Waals surface area contributed by atoms with E-state index in [1.807, 2.05) is 4.90 Å². The van der Waals surface area contributed by atoms with Crippen LogP contribution >= 0.6 is 0 Å². The van der Waals surface area contributed by atoms with Crippen molar-refractivity contribution in [3.63, 3.8) is 0 Å². The van der Waals surface area contributed by atoms with Crippen LogP contribution < -0.4 is 20.3 Å². The van der Waals surface area contributed by atoms with Crippen molar-refractivity contribution >= 4 is 17.6 Å². The molecule has 12 heteroatoms. The summed E-state index contributed by atoms with van der Waals surface area (Å²) in [5.41, 5.74) is 6.53. The summed E-state index contributed by atoms with van der Waals surface area (Å²) < 4.78 is 64.0. The topological polar surface area (TPSA) is 89.6 Å². The van der Waals surface area contributed by atoms with Crippen molar-refractivity contribution in [3.05, 3.63) is 18.3 Å². The number of nitrogens with zero attached hydrogens (tertiary/aromatic N) is 5. The minimum atomic E-state index is -3.05. The van der Waals surface area contributed by atoms with Gasteiger partial charge >= 0.3 is 6.61 Å². The van der Waals surface area contributed by atoms with Crippen molar-refractivity contribution in [2.75, 3.05) is 35.2 Å². The van der Waals surface area contributed by atoms with Gasteiger partial charge in [0.1, 0.15) is 5.82 Å². The van der Waals surface area contributed by atoms with Crippen molar-refractivity contribution < 1.29 is 27.0 Å². The van der Waals surface area contributed by atoms with Crippen LogP contribution in [0, 0.1) is 5.92 Å². The quantitative estimate of drug-likeness (QED) is 0.673. The number of fused-ring (bicyclic) bond motifs is 4. The molecule has 0 spiro atoms. The number of rotatable bonds is 5. The molecule has 4 unspecified atom stereocenters. The van der Waals surface area contributed by atoms with E-state index in [0.717, 1.165) is 6.42 Å². The number of halogens is 4. The first-order valence-electron chi connectivity index (χ1n) is 10.9. The van der Waals surface area contributed by atoms with E-state index in [4.69, 9.17) is 15.5 Å². The third-order valence-electron chi connectivity index (χ3n) is 7.07. The number of nitrogen functional groups attached to an aromatic ring is 1. The van der Waals surface area contributed by atoms with Crippen LogP contribution in [-0.2, 0) is 4.74 Å². The molecule has 2 aromatic rings. The molecule has 0 amide bonds. The van der Waals surface area contributed by atoms with Crippen LogP contribution in [-0.4, -0.2) is 65.4 Å². The summed E-state index contributed by atoms with van der Waals surface area (Å²) in [7, 11) is 0. The van der Waals surface area contributed by atoms with Gasteiger partial charge in [0.15, 0.2) is 11.6 Å². The van der Waals surface area contributed by atoms with E-state index >= 15 is 0 Å². The fourth-order valence-electron chi connectivity index (χ4n) is 5.45. The highest BCUT2D eigenvalue weighted by atomic mass is 19.3. The Kier molecular flexibility index (Phi) is 4.58. The fraction of sp³-hybridized carbons (Fsp3) is 0.571. The van der Waals surface area contributed by atoms with Gasteiger partial charge in [-0.1, -0.05) is 0 Å². The first kappa shape index (κ1) is 20.7. The van der Waals surface area contributed by atoms with Crippen molar-refractivity contribution in [1.29, 1.82) is 0 Å². The molecule has 4 atom stereocenters. The highest BCUT2D eigenvalue weighted by molar-refractivity contribution is 5.68. The third kappa shape index (κ3) is 3.51. The number of hydrogen-bond donors (Lipinski definition) is 1. The van der Waals surface area contributed by atoms with Crippen LogP contribution in [0.1, 0.15) is 19.3 Å². The minimum absolute atomic E-state index is 0.127. The molecule has 2 aromatic heterocycles. The maximum atomic E-state index is 14.1. The van der Waals surface area contributed by atoms with Crippen molar-refractivity contribution in [1.82, 2.24) is 15.0 Å². The highest BCUT2D eigenvalue weighted by Crippen LogP contribution is 2.49. The van der Waals surface area contributed by atoms with Gasteiger partial charge in [0.05, 0.1) is 24.4 Å². The smallest absolute Gasteiger partial charge is 0.387 e. The number of piperidine rings is 1. The molecule has 8 nitrogen and oxygen atoms in total. The Morgan fingerprint density at radius 3 is 2.61 bits per heavy atom. The summed E-state index contributed by atoms with van der Waals surface area (Å²) in [5.74, 6) is -2.82. The number of anilines is 3. The van der Waals surface area contributed by atoms with E-state index in [9.17, 15) is 17.6 Å². The predicted octanol–water partition coefficient (Wildman–Crippen LogP) is 2.93. The molecule has 33 heavy (non-hydrogen) atoms. The zero-order valence-electron chi connectivity index (χ0n) is 17.5. The van der Waals surface area contributed by atoms with Crippen LogP contribution in [0.25, 0.3) is 11.3 Å². The van der Waals surface area contributed by atoms with Crippen molar-refractivity contribution in [2.24, 2.45) is 5.92 Å². The monoisotopic (exact) mass is 466 g/mol. The van der Waals surface area contributed by atoms with Gasteiger partial charge in [0.25, 0.3) is 5.92 Å². The summed E-state index contributed by atoms with van der Waals surface area (Å²) in [4.78, 5) is 17.3. The van der Waals surface area contributed by atoms with Gasteiger partial charge in [-0.05, 0) is 18.9 Å². The SMILES string of the molecule is Nc1ncc(-c2cc(N3CC4CC3CO4)nc(N3CC4CC3CC4(F)F)n2)cc1OC(F)F. The van der Waals surface area contributed by atoms with Gasteiger partial charge in [-0.15, -0.1) is 0 Å². The Hall–Kier alpha value is -2.89. The molecule has 1 saturated carbocycles. The Morgan fingerprint density at radius 2 is 1.97 bits per heavy atom. The molecule has 1 aliphatic carbocycles. The Bertz CT molecular complexity index is 1090. The maximum absolute atomic E-state index is 14.1. The van der Waals surface area contributed by atoms with Gasteiger partial charge in [0.2, 0.25) is 5.95 Å². The zero-order chi connectivity index (χ0) is 22.9. The molecule has 4 aliphatic rings. The summed E-state index contributed by atoms with van der Waals surface area (Å²) in [5, 5.41) is 0. The van der Waals surface area contributed by atoms with Crippen molar-refractivity contribution in [3.8, 4) is 17.0 Å². The molecule has 0 radical (unpaired) electrons. The lowest BCUT2D eigenvalue weighted by atomic mass is 10.1. The van der Waals surface area contributed by atoms with Gasteiger partial charge < -0.3 is 25.0 Å². The molecule has 6 rings (SSSR count). The lowest BCUT2D eigenvalue weighted by molar-refractivity contribution is -0.0495. The van der Waals surface area contributed by atoms with E-state index in [-0.39, 0.29) is 42.7 Å². The van der Waals surface area contributed by atoms with Gasteiger partial charge in [-0.2, -0.15) is 13.8 Å². The Morgan fingerprint density at radius 1 is 1.12 bits per heavy atom. The first-order chi connectivity index (χ1) is 15.8. The number of ether oxygens (including phenoxy) is 2. The molecule has 5 heterocycles. The summed E-state index contributed by atoms with van der Waals surface area (Å²) in [6.07, 6.45) is 2.62. The number of morpholine rings is 1. The molecule has 176 valence electrons. The molecule has 4 bridgehead atoms. The Labute approximate surface area is 186 Å². The molecule has 3 aliphatic heterocycles. The molecule has 3 saturated heterocycles. The van der Waals surface area contributed by atoms with Crippen LogP contribution in [0.3, 0.4) is 0 Å². The lowest BCUT2D eigenvalue weighted by Gasteiger charge is -2.33. The second-order valence-corrected chi connectivity index (χ2v) is 9.10. The molecule has 2 N–H and O–H groups in total. The molecular formula is C21H22F4N6O2. The minimum Gasteiger partial charge on any atom is -0.431 e. The van der Waals surface area contributed by atoms with Crippen LogP contribution in [0.2, 0.25) is 0 Å². The lowest BCUT2D eigenvalue weighted by Crippen LogP contribution is -2.42. The van der Waals surface area contributed by atoms with E-state index in [1.165, 1.54) is 12.3 Å². The molecular weight excluding hydrogens is 444 g/mol. The maximum Gasteiger partial charge on any atom is 0.387 e. The second-order valence-electron chi connectivity index (χ2n) is 9.10. The average Bonchev–Trinajstić information content (AvgIpc) is 3.54. The van der Waals surface area contributed by atoms with Crippen LogP contribution in [0.4, 0.5) is 35.1 Å². The zero-order valence-corrected chi connectivity index (χ0v) is 17.5. The molecule has 0 aromatic carbocycles. The highest BCUT2D eigenvalue weighted by Gasteiger charge is 2.56. The average molecular weight is 466 g/mol. The standard InChI is InChI=1S/C21H22F4N6O2/c22-19(23)33-16-1-10(6-27-18(16)26)15-4-17(30-8-14-3-13(30)9-32-14)29-20(28-15)31-7-11-2-12(31)5-21(11,24)25/h1,4,6,11-14,19H,2-3,5,7-9H2,(H2,26,27). The van der Waals surface area contributed by atoms with Crippen LogP contribution in [0.15, 0.2) is 18.3 Å². The summed E-state index contributed by atoms with van der Waals surface area (Å²) in [6.45, 7) is -1.61. The van der Waals surface area contributed by atoms with E-state index in [2.05, 4.69) is 19.6 Å². The fourth-order valence-corrected chi connectivity index (χ4v) is 5.45. The summed E-state index contributed by atoms with van der Waals surface area (Å²) >= 11 is 0. The number of aromatic nitrogens is 3. The normalized spacial score (nSPS) is 29.5. The second kappa shape index (κ2) is 7.31. The van der Waals surface area contributed by atoms with Gasteiger partial charge in [0, 0.05) is 49.3 Å². The van der Waals surface area contributed by atoms with E-state index in [0.29, 0.717) is 42.6 Å². The predicted molar refractivity (Wildman–Crippen MR) is 111 cm³/mol. The molecule has 4 fully saturated rings. The number of nitrogens with two attached hydrogens (primary N) is 1. The largest absolute Gasteiger partial charge is 0.431 e. The summed E-state index contributed by atoms with van der Waals surface area (Å²) in [6, 6.07) is 2.95.